The summed E-state index contributed by atoms with van der Waals surface area (Å²) in [4.78, 5) is 10.3. The van der Waals surface area contributed by atoms with Gasteiger partial charge in [0, 0.05) is 13.2 Å². The van der Waals surface area contributed by atoms with Crippen LogP contribution in [0.15, 0.2) is 0 Å². The number of aliphatic hydroxyl groups excluding tert-OH is 1. The number of carbonyl (C=O) groups is 1. The Morgan fingerprint density at radius 1 is 1.35 bits per heavy atom. The van der Waals surface area contributed by atoms with Gasteiger partial charge in [0.2, 0.25) is 10.0 Å². The van der Waals surface area contributed by atoms with Crippen molar-refractivity contribution in [3.05, 3.63) is 0 Å². The molecule has 1 rings (SSSR count). The molecule has 1 heterocycles. The lowest BCUT2D eigenvalue weighted by molar-refractivity contribution is -0.136. The molecule has 1 aliphatic heterocycles. The van der Waals surface area contributed by atoms with Crippen molar-refractivity contribution in [1.82, 2.24) is 4.72 Å². The molecule has 0 bridgehead atoms. The van der Waals surface area contributed by atoms with Crippen molar-refractivity contribution in [2.75, 3.05) is 25.6 Å². The first-order valence-electron chi connectivity index (χ1n) is 5.31. The summed E-state index contributed by atoms with van der Waals surface area (Å²) >= 11 is 0. The van der Waals surface area contributed by atoms with Crippen molar-refractivity contribution < 1.29 is 28.2 Å². The summed E-state index contributed by atoms with van der Waals surface area (Å²) in [5.41, 5.74) is -0.907. The van der Waals surface area contributed by atoms with Crippen molar-refractivity contribution in [3.63, 3.8) is 0 Å². The van der Waals surface area contributed by atoms with Crippen LogP contribution in [-0.2, 0) is 19.6 Å². The van der Waals surface area contributed by atoms with E-state index in [-0.39, 0.29) is 6.61 Å². The molecule has 0 aliphatic carbocycles. The summed E-state index contributed by atoms with van der Waals surface area (Å²) in [7, 11) is -3.69. The molecule has 0 radical (unpaired) electrons. The molecule has 3 N–H and O–H groups in total. The van der Waals surface area contributed by atoms with Crippen molar-refractivity contribution in [1.29, 1.82) is 0 Å². The zero-order valence-corrected chi connectivity index (χ0v) is 10.2. The second kappa shape index (κ2) is 5.76. The third kappa shape index (κ3) is 4.58. The van der Waals surface area contributed by atoms with Crippen LogP contribution in [0.2, 0.25) is 0 Å². The topological polar surface area (TPSA) is 113 Å². The number of aliphatic hydroxyl groups is 1. The molecule has 0 saturated carbocycles. The van der Waals surface area contributed by atoms with Crippen LogP contribution in [-0.4, -0.2) is 55.7 Å². The first-order valence-corrected chi connectivity index (χ1v) is 6.96. The molecule has 0 aromatic heterocycles. The first kappa shape index (κ1) is 14.4. The number of sulfonamides is 1. The lowest BCUT2D eigenvalue weighted by atomic mass is 9.93. The van der Waals surface area contributed by atoms with Gasteiger partial charge in [0.1, 0.15) is 0 Å². The van der Waals surface area contributed by atoms with Gasteiger partial charge in [-0.1, -0.05) is 0 Å². The lowest BCUT2D eigenvalue weighted by Crippen LogP contribution is -2.55. The fraction of sp³-hybridized carbons (Fsp3) is 0.889. The Hall–Kier alpha value is -0.700. The fourth-order valence-electron chi connectivity index (χ4n) is 1.66. The molecule has 0 amide bonds. The van der Waals surface area contributed by atoms with Gasteiger partial charge < -0.3 is 14.9 Å². The van der Waals surface area contributed by atoms with E-state index >= 15 is 0 Å². The van der Waals surface area contributed by atoms with Gasteiger partial charge in [-0.25, -0.2) is 13.1 Å². The Morgan fingerprint density at radius 3 is 2.41 bits per heavy atom. The minimum absolute atomic E-state index is 0.317. The van der Waals surface area contributed by atoms with E-state index in [1.807, 2.05) is 0 Å². The number of nitrogens with one attached hydrogen (secondary N) is 1. The minimum Gasteiger partial charge on any atom is -0.481 e. The Balaban J connectivity index is 2.63. The predicted molar refractivity (Wildman–Crippen MR) is 59.0 cm³/mol. The van der Waals surface area contributed by atoms with Crippen molar-refractivity contribution >= 4 is 16.0 Å². The number of aliphatic carboxylic acids is 1. The molecule has 17 heavy (non-hydrogen) atoms. The third-order valence-corrected chi connectivity index (χ3v) is 4.19. The average Bonchev–Trinajstić information content (AvgIpc) is 2.27. The maximum Gasteiger partial charge on any atom is 0.304 e. The van der Waals surface area contributed by atoms with Crippen LogP contribution in [0.25, 0.3) is 0 Å². The number of carboxylic acid groups (broad SMARTS) is 1. The monoisotopic (exact) mass is 267 g/mol. The van der Waals surface area contributed by atoms with E-state index in [1.165, 1.54) is 0 Å². The minimum atomic E-state index is -3.69. The van der Waals surface area contributed by atoms with Gasteiger partial charge in [0.05, 0.1) is 24.3 Å². The van der Waals surface area contributed by atoms with Gasteiger partial charge in [-0.15, -0.1) is 0 Å². The summed E-state index contributed by atoms with van der Waals surface area (Å²) in [5.74, 6) is -1.65. The van der Waals surface area contributed by atoms with Gasteiger partial charge in [0.25, 0.3) is 0 Å². The van der Waals surface area contributed by atoms with E-state index in [0.717, 1.165) is 0 Å². The second-order valence-corrected chi connectivity index (χ2v) is 5.96. The molecule has 8 heteroatoms. The highest BCUT2D eigenvalue weighted by molar-refractivity contribution is 7.89. The van der Waals surface area contributed by atoms with Crippen LogP contribution in [0, 0.1) is 0 Å². The quantitative estimate of drug-likeness (QED) is 0.564. The Kier molecular flexibility index (Phi) is 4.87. The zero-order chi connectivity index (χ0) is 12.9. The molecule has 0 aromatic rings. The van der Waals surface area contributed by atoms with Gasteiger partial charge in [0.15, 0.2) is 0 Å². The predicted octanol–water partition coefficient (Wildman–Crippen LogP) is -1.08. The second-order valence-electron chi connectivity index (χ2n) is 4.12. The van der Waals surface area contributed by atoms with E-state index in [9.17, 15) is 18.3 Å². The lowest BCUT2D eigenvalue weighted by Gasteiger charge is -2.35. The van der Waals surface area contributed by atoms with E-state index in [0.29, 0.717) is 26.1 Å². The first-order chi connectivity index (χ1) is 7.89. The van der Waals surface area contributed by atoms with E-state index in [2.05, 4.69) is 4.72 Å². The van der Waals surface area contributed by atoms with Gasteiger partial charge in [-0.2, -0.15) is 0 Å². The smallest absolute Gasteiger partial charge is 0.304 e. The molecule has 1 aliphatic rings. The molecule has 1 fully saturated rings. The number of hydrogen-bond donors (Lipinski definition) is 3. The largest absolute Gasteiger partial charge is 0.481 e. The fourth-order valence-corrected chi connectivity index (χ4v) is 3.13. The van der Waals surface area contributed by atoms with Crippen LogP contribution in [0.3, 0.4) is 0 Å². The summed E-state index contributed by atoms with van der Waals surface area (Å²) in [6, 6.07) is 0. The van der Waals surface area contributed by atoms with E-state index < -0.39 is 33.7 Å². The molecule has 0 atom stereocenters. The Bertz CT molecular complexity index is 360. The summed E-state index contributed by atoms with van der Waals surface area (Å²) in [6.45, 7) is 0.437. The zero-order valence-electron chi connectivity index (χ0n) is 9.39. The van der Waals surface area contributed by atoms with Gasteiger partial charge in [-0.3, -0.25) is 4.79 Å². The molecule has 0 spiro atoms. The number of rotatable bonds is 6. The Morgan fingerprint density at radius 2 is 1.94 bits per heavy atom. The van der Waals surface area contributed by atoms with Crippen LogP contribution in [0.4, 0.5) is 0 Å². The van der Waals surface area contributed by atoms with Gasteiger partial charge in [-0.05, 0) is 12.8 Å². The maximum absolute atomic E-state index is 11.6. The van der Waals surface area contributed by atoms with E-state index in [1.54, 1.807) is 0 Å². The Labute approximate surface area is 99.8 Å². The molecular formula is C9H17NO6S. The third-order valence-electron chi connectivity index (χ3n) is 2.71. The van der Waals surface area contributed by atoms with Gasteiger partial charge >= 0.3 is 5.97 Å². The molecule has 100 valence electrons. The van der Waals surface area contributed by atoms with Crippen LogP contribution in [0.1, 0.15) is 19.3 Å². The van der Waals surface area contributed by atoms with E-state index in [4.69, 9.17) is 9.84 Å². The van der Waals surface area contributed by atoms with Crippen molar-refractivity contribution in [3.8, 4) is 0 Å². The summed E-state index contributed by atoms with van der Waals surface area (Å²) < 4.78 is 30.8. The standard InChI is InChI=1S/C9H17NO6S/c11-7-9(2-4-16-5-3-9)10-17(14,15)6-1-8(12)13/h10-11H,1-7H2,(H,12,13). The SMILES string of the molecule is O=C(O)CCS(=O)(=O)NC1(CO)CCOCC1. The average molecular weight is 267 g/mol. The highest BCUT2D eigenvalue weighted by Crippen LogP contribution is 2.21. The molecular weight excluding hydrogens is 250 g/mol. The number of ether oxygens (including phenoxy) is 1. The normalized spacial score (nSPS) is 20.1. The van der Waals surface area contributed by atoms with Crippen molar-refractivity contribution in [2.45, 2.75) is 24.8 Å². The van der Waals surface area contributed by atoms with Crippen molar-refractivity contribution in [2.24, 2.45) is 0 Å². The maximum atomic E-state index is 11.6. The van der Waals surface area contributed by atoms with Crippen LogP contribution in [0.5, 0.6) is 0 Å². The molecule has 0 aromatic carbocycles. The summed E-state index contributed by atoms with van der Waals surface area (Å²) in [6.07, 6.45) is 0.318. The van der Waals surface area contributed by atoms with Crippen LogP contribution >= 0.6 is 0 Å². The highest BCUT2D eigenvalue weighted by Gasteiger charge is 2.35. The number of hydrogen-bond acceptors (Lipinski definition) is 5. The number of carboxylic acids is 1. The van der Waals surface area contributed by atoms with Crippen LogP contribution < -0.4 is 4.72 Å². The molecule has 0 unspecified atom stereocenters. The highest BCUT2D eigenvalue weighted by atomic mass is 32.2. The molecule has 7 nitrogen and oxygen atoms in total. The molecule has 1 saturated heterocycles. The summed E-state index contributed by atoms with van der Waals surface area (Å²) in [5, 5.41) is 17.7.